The monoisotopic (exact) mass is 490 g/mol. The van der Waals surface area contributed by atoms with Crippen LogP contribution in [0.1, 0.15) is 0 Å². The highest BCUT2D eigenvalue weighted by molar-refractivity contribution is 7.92. The molecule has 0 amide bonds. The summed E-state index contributed by atoms with van der Waals surface area (Å²) in [4.78, 5) is 4.64. The van der Waals surface area contributed by atoms with Crippen LogP contribution < -0.4 is 9.46 Å². The third-order valence-corrected chi connectivity index (χ3v) is 7.22. The summed E-state index contributed by atoms with van der Waals surface area (Å²) in [6.45, 7) is 0. The molecule has 0 unspecified atom stereocenters. The predicted octanol–water partition coefficient (Wildman–Crippen LogP) is 6.59. The van der Waals surface area contributed by atoms with Crippen molar-refractivity contribution >= 4 is 50.2 Å². The largest absolute Gasteiger partial charge is 0.495 e. The molecule has 0 aliphatic carbocycles. The number of anilines is 1. The summed E-state index contributed by atoms with van der Waals surface area (Å²) in [5.41, 5.74) is 3.08. The molecular formula is C22H16Cl2N2O3S2. The SMILES string of the molecule is COc1ccc(Cl)cc1S(=O)(=O)Nc1ccc(-c2csc(-c3ccc(Cl)cc3)n2)cc1. The number of sulfonamides is 1. The Labute approximate surface area is 194 Å². The van der Waals surface area contributed by atoms with Gasteiger partial charge in [0.05, 0.1) is 12.8 Å². The lowest BCUT2D eigenvalue weighted by molar-refractivity contribution is 0.403. The Balaban J connectivity index is 1.55. The van der Waals surface area contributed by atoms with Crippen LogP contribution in [0.2, 0.25) is 10.0 Å². The van der Waals surface area contributed by atoms with E-state index in [1.807, 2.05) is 41.8 Å². The van der Waals surface area contributed by atoms with Crippen LogP contribution in [-0.2, 0) is 10.0 Å². The Bertz CT molecular complexity index is 1320. The van der Waals surface area contributed by atoms with Gasteiger partial charge in [0.2, 0.25) is 0 Å². The van der Waals surface area contributed by atoms with Gasteiger partial charge in [0, 0.05) is 32.2 Å². The van der Waals surface area contributed by atoms with Crippen LogP contribution in [0.4, 0.5) is 5.69 Å². The van der Waals surface area contributed by atoms with Crippen molar-refractivity contribution in [3.63, 3.8) is 0 Å². The number of ether oxygens (including phenoxy) is 1. The zero-order valence-corrected chi connectivity index (χ0v) is 19.3. The van der Waals surface area contributed by atoms with Crippen LogP contribution in [0, 0.1) is 0 Å². The van der Waals surface area contributed by atoms with Crippen molar-refractivity contribution in [3.05, 3.63) is 82.2 Å². The van der Waals surface area contributed by atoms with Crippen molar-refractivity contribution in [2.24, 2.45) is 0 Å². The zero-order valence-electron chi connectivity index (χ0n) is 16.2. The molecule has 0 aliphatic heterocycles. The highest BCUT2D eigenvalue weighted by Crippen LogP contribution is 2.31. The standard InChI is InChI=1S/C22H16Cl2N2O3S2/c1-29-20-11-8-17(24)12-21(20)31(27,28)26-18-9-4-14(5-10-18)19-13-30-22(25-19)15-2-6-16(23)7-3-15/h2-13,26H,1H3. The van der Waals surface area contributed by atoms with E-state index in [1.165, 1.54) is 30.6 Å². The van der Waals surface area contributed by atoms with Crippen LogP contribution >= 0.6 is 34.5 Å². The highest BCUT2D eigenvalue weighted by Gasteiger charge is 2.20. The number of hydrogen-bond donors (Lipinski definition) is 1. The maximum atomic E-state index is 12.8. The van der Waals surface area contributed by atoms with Crippen molar-refractivity contribution in [1.29, 1.82) is 0 Å². The van der Waals surface area contributed by atoms with Crippen LogP contribution in [0.5, 0.6) is 5.75 Å². The number of hydrogen-bond acceptors (Lipinski definition) is 5. The number of nitrogens with zero attached hydrogens (tertiary/aromatic N) is 1. The minimum Gasteiger partial charge on any atom is -0.495 e. The van der Waals surface area contributed by atoms with E-state index in [0.29, 0.717) is 15.7 Å². The summed E-state index contributed by atoms with van der Waals surface area (Å²) >= 11 is 13.4. The number of thiazole rings is 1. The molecule has 4 aromatic rings. The second-order valence-corrected chi connectivity index (χ2v) is 9.90. The lowest BCUT2D eigenvalue weighted by Gasteiger charge is -2.12. The molecule has 4 rings (SSSR count). The van der Waals surface area contributed by atoms with Crippen molar-refractivity contribution in [2.45, 2.75) is 4.90 Å². The number of aromatic nitrogens is 1. The van der Waals surface area contributed by atoms with E-state index in [9.17, 15) is 8.42 Å². The first-order valence-electron chi connectivity index (χ1n) is 9.04. The van der Waals surface area contributed by atoms with E-state index < -0.39 is 10.0 Å². The fraction of sp³-hybridized carbons (Fsp3) is 0.0455. The molecule has 0 saturated heterocycles. The first-order valence-corrected chi connectivity index (χ1v) is 12.2. The molecule has 0 saturated carbocycles. The second-order valence-electron chi connectivity index (χ2n) is 6.52. The fourth-order valence-corrected chi connectivity index (χ4v) is 5.36. The first-order chi connectivity index (χ1) is 14.9. The summed E-state index contributed by atoms with van der Waals surface area (Å²) in [6.07, 6.45) is 0. The molecule has 0 fully saturated rings. The van der Waals surface area contributed by atoms with Gasteiger partial charge in [-0.2, -0.15) is 0 Å². The molecule has 0 spiro atoms. The average Bonchev–Trinajstić information content (AvgIpc) is 3.25. The topological polar surface area (TPSA) is 68.3 Å². The van der Waals surface area contributed by atoms with Gasteiger partial charge in [-0.05, 0) is 42.5 Å². The number of benzene rings is 3. The molecule has 31 heavy (non-hydrogen) atoms. The number of nitrogens with one attached hydrogen (secondary N) is 1. The Morgan fingerprint density at radius 3 is 2.23 bits per heavy atom. The van der Waals surface area contributed by atoms with E-state index in [-0.39, 0.29) is 10.6 Å². The second kappa shape index (κ2) is 8.88. The van der Waals surface area contributed by atoms with Crippen molar-refractivity contribution in [2.75, 3.05) is 11.8 Å². The molecular weight excluding hydrogens is 475 g/mol. The zero-order chi connectivity index (χ0) is 22.0. The average molecular weight is 491 g/mol. The lowest BCUT2D eigenvalue weighted by Crippen LogP contribution is -2.14. The van der Waals surface area contributed by atoms with E-state index >= 15 is 0 Å². The summed E-state index contributed by atoms with van der Waals surface area (Å²) in [5.74, 6) is 0.214. The fourth-order valence-electron chi connectivity index (χ4n) is 2.91. The van der Waals surface area contributed by atoms with Crippen LogP contribution in [-0.4, -0.2) is 20.5 Å². The molecule has 0 aliphatic rings. The van der Waals surface area contributed by atoms with Gasteiger partial charge < -0.3 is 4.74 Å². The quantitative estimate of drug-likeness (QED) is 0.330. The predicted molar refractivity (Wildman–Crippen MR) is 127 cm³/mol. The Kier molecular flexibility index (Phi) is 6.20. The molecule has 3 aromatic carbocycles. The van der Waals surface area contributed by atoms with E-state index in [4.69, 9.17) is 27.9 Å². The molecule has 0 atom stereocenters. The van der Waals surface area contributed by atoms with Crippen LogP contribution in [0.25, 0.3) is 21.8 Å². The van der Waals surface area contributed by atoms with Gasteiger partial charge in [-0.1, -0.05) is 47.5 Å². The van der Waals surface area contributed by atoms with Gasteiger partial charge in [-0.15, -0.1) is 11.3 Å². The first kappa shape index (κ1) is 21.6. The summed E-state index contributed by atoms with van der Waals surface area (Å²) in [6, 6.07) is 18.9. The molecule has 1 heterocycles. The van der Waals surface area contributed by atoms with E-state index in [0.717, 1.165) is 21.8 Å². The van der Waals surface area contributed by atoms with Gasteiger partial charge in [0.15, 0.2) is 0 Å². The van der Waals surface area contributed by atoms with Gasteiger partial charge in [-0.25, -0.2) is 13.4 Å². The molecule has 5 nitrogen and oxygen atoms in total. The van der Waals surface area contributed by atoms with Crippen molar-refractivity contribution < 1.29 is 13.2 Å². The maximum Gasteiger partial charge on any atom is 0.265 e. The summed E-state index contributed by atoms with van der Waals surface area (Å²) < 4.78 is 33.3. The Morgan fingerprint density at radius 2 is 1.55 bits per heavy atom. The number of rotatable bonds is 6. The Hall–Kier alpha value is -2.58. The normalized spacial score (nSPS) is 11.3. The third kappa shape index (κ3) is 4.85. The van der Waals surface area contributed by atoms with Gasteiger partial charge in [0.25, 0.3) is 10.0 Å². The Morgan fingerprint density at radius 1 is 0.903 bits per heavy atom. The van der Waals surface area contributed by atoms with Crippen LogP contribution in [0.3, 0.4) is 0 Å². The lowest BCUT2D eigenvalue weighted by atomic mass is 10.1. The van der Waals surface area contributed by atoms with Crippen LogP contribution in [0.15, 0.2) is 77.0 Å². The molecule has 1 aromatic heterocycles. The van der Waals surface area contributed by atoms with Crippen molar-refractivity contribution in [1.82, 2.24) is 4.98 Å². The summed E-state index contributed by atoms with van der Waals surface area (Å²) in [7, 11) is -2.47. The van der Waals surface area contributed by atoms with Crippen molar-refractivity contribution in [3.8, 4) is 27.6 Å². The smallest absolute Gasteiger partial charge is 0.265 e. The molecule has 0 radical (unpaired) electrons. The maximum absolute atomic E-state index is 12.8. The van der Waals surface area contributed by atoms with E-state index in [2.05, 4.69) is 9.71 Å². The summed E-state index contributed by atoms with van der Waals surface area (Å²) in [5, 5.41) is 3.81. The molecule has 158 valence electrons. The van der Waals surface area contributed by atoms with Gasteiger partial charge in [0.1, 0.15) is 15.7 Å². The minimum atomic E-state index is -3.88. The van der Waals surface area contributed by atoms with Gasteiger partial charge >= 0.3 is 0 Å². The van der Waals surface area contributed by atoms with Gasteiger partial charge in [-0.3, -0.25) is 4.72 Å². The highest BCUT2D eigenvalue weighted by atomic mass is 35.5. The molecule has 1 N–H and O–H groups in total. The third-order valence-electron chi connectivity index (χ3n) is 4.44. The minimum absolute atomic E-state index is 0.0290. The number of methoxy groups -OCH3 is 1. The molecule has 0 bridgehead atoms. The molecule has 9 heteroatoms. The number of halogens is 2. The van der Waals surface area contributed by atoms with E-state index in [1.54, 1.807) is 18.2 Å².